The monoisotopic (exact) mass is 307 g/mol. The number of aliphatic hydroxyl groups excluding tert-OH is 1. The van der Waals surface area contributed by atoms with Gasteiger partial charge in [0.15, 0.2) is 21.5 Å². The Balaban J connectivity index is 2.14. The molecule has 21 heavy (non-hydrogen) atoms. The first-order valence-corrected chi connectivity index (χ1v) is 8.67. The van der Waals surface area contributed by atoms with Crippen LogP contribution in [0, 0.1) is 0 Å². The molecule has 0 bridgehead atoms. The fourth-order valence-electron chi connectivity index (χ4n) is 2.74. The molecule has 1 saturated heterocycles. The molecule has 0 saturated carbocycles. The molecule has 0 spiro atoms. The summed E-state index contributed by atoms with van der Waals surface area (Å²) in [6, 6.07) is 9.29. The van der Waals surface area contributed by atoms with Crippen molar-refractivity contribution >= 4 is 9.84 Å². The fourth-order valence-corrected chi connectivity index (χ4v) is 4.63. The van der Waals surface area contributed by atoms with Crippen molar-refractivity contribution in [1.29, 1.82) is 0 Å². The van der Waals surface area contributed by atoms with Gasteiger partial charge in [0.25, 0.3) is 0 Å². The van der Waals surface area contributed by atoms with E-state index in [1.807, 2.05) is 30.3 Å². The van der Waals surface area contributed by atoms with Crippen molar-refractivity contribution in [3.63, 3.8) is 0 Å². The summed E-state index contributed by atoms with van der Waals surface area (Å²) in [5.74, 6) is 0.954. The zero-order valence-corrected chi connectivity index (χ0v) is 12.3. The second kappa shape index (κ2) is 5.57. The topological polar surface area (TPSA) is 85.1 Å². The predicted octanol–water partition coefficient (Wildman–Crippen LogP) is 1.40. The van der Waals surface area contributed by atoms with E-state index in [4.69, 9.17) is 0 Å². The molecule has 7 heteroatoms. The van der Waals surface area contributed by atoms with Crippen molar-refractivity contribution in [1.82, 2.24) is 14.8 Å². The Morgan fingerprint density at radius 1 is 1.19 bits per heavy atom. The van der Waals surface area contributed by atoms with E-state index in [1.165, 1.54) is 0 Å². The molecule has 1 atom stereocenters. The van der Waals surface area contributed by atoms with E-state index in [0.717, 1.165) is 12.1 Å². The Morgan fingerprint density at radius 3 is 2.62 bits per heavy atom. The van der Waals surface area contributed by atoms with Crippen LogP contribution in [-0.4, -0.2) is 34.0 Å². The third-order valence-electron chi connectivity index (χ3n) is 3.78. The van der Waals surface area contributed by atoms with Crippen LogP contribution in [-0.2, 0) is 16.4 Å². The number of para-hydroxylation sites is 1. The van der Waals surface area contributed by atoms with Crippen molar-refractivity contribution in [3.8, 4) is 5.69 Å². The molecule has 1 aliphatic heterocycles. The summed E-state index contributed by atoms with van der Waals surface area (Å²) in [5.41, 5.74) is 0.766. The van der Waals surface area contributed by atoms with Gasteiger partial charge in [-0.1, -0.05) is 24.6 Å². The lowest BCUT2D eigenvalue weighted by Crippen LogP contribution is -2.24. The van der Waals surface area contributed by atoms with Crippen LogP contribution in [0.3, 0.4) is 0 Å². The summed E-state index contributed by atoms with van der Waals surface area (Å²) in [6.45, 7) is -0.283. The largest absolute Gasteiger partial charge is 0.388 e. The molecule has 1 unspecified atom stereocenters. The van der Waals surface area contributed by atoms with E-state index in [2.05, 4.69) is 10.2 Å². The number of rotatable bonds is 3. The normalized spacial score (nSPS) is 21.3. The SMILES string of the molecule is O=S1(=O)CCCCC1c1nnc(CO)n1-c1ccccc1. The lowest BCUT2D eigenvalue weighted by molar-refractivity contribution is 0.268. The zero-order chi connectivity index (χ0) is 14.9. The van der Waals surface area contributed by atoms with Crippen molar-refractivity contribution in [3.05, 3.63) is 42.0 Å². The number of sulfone groups is 1. The van der Waals surface area contributed by atoms with Gasteiger partial charge in [0.05, 0.1) is 5.75 Å². The van der Waals surface area contributed by atoms with Gasteiger partial charge in [-0.25, -0.2) is 8.42 Å². The fraction of sp³-hybridized carbons (Fsp3) is 0.429. The molecule has 1 N–H and O–H groups in total. The molecular weight excluding hydrogens is 290 g/mol. The summed E-state index contributed by atoms with van der Waals surface area (Å²) in [4.78, 5) is 0. The molecule has 2 aromatic rings. The van der Waals surface area contributed by atoms with Crippen molar-refractivity contribution in [2.24, 2.45) is 0 Å². The summed E-state index contributed by atoms with van der Waals surface area (Å²) in [6.07, 6.45) is 2.11. The van der Waals surface area contributed by atoms with E-state index >= 15 is 0 Å². The molecule has 1 aliphatic rings. The van der Waals surface area contributed by atoms with Gasteiger partial charge in [0.1, 0.15) is 11.9 Å². The van der Waals surface area contributed by atoms with Crippen LogP contribution in [0.5, 0.6) is 0 Å². The van der Waals surface area contributed by atoms with Gasteiger partial charge in [-0.3, -0.25) is 4.57 Å². The molecule has 3 rings (SSSR count). The molecular formula is C14H17N3O3S. The maximum absolute atomic E-state index is 12.3. The summed E-state index contributed by atoms with van der Waals surface area (Å²) in [5, 5.41) is 16.8. The number of benzene rings is 1. The van der Waals surface area contributed by atoms with Gasteiger partial charge in [-0.05, 0) is 25.0 Å². The highest BCUT2D eigenvalue weighted by atomic mass is 32.2. The Morgan fingerprint density at radius 2 is 1.95 bits per heavy atom. The quantitative estimate of drug-likeness (QED) is 0.926. The van der Waals surface area contributed by atoms with E-state index in [0.29, 0.717) is 24.5 Å². The van der Waals surface area contributed by atoms with E-state index in [9.17, 15) is 13.5 Å². The second-order valence-electron chi connectivity index (χ2n) is 5.15. The van der Waals surface area contributed by atoms with Crippen LogP contribution in [0.1, 0.15) is 36.2 Å². The second-order valence-corrected chi connectivity index (χ2v) is 7.46. The highest BCUT2D eigenvalue weighted by Crippen LogP contribution is 2.33. The van der Waals surface area contributed by atoms with Crippen molar-refractivity contribution in [2.45, 2.75) is 31.1 Å². The third-order valence-corrected chi connectivity index (χ3v) is 5.95. The van der Waals surface area contributed by atoms with Crippen LogP contribution in [0.15, 0.2) is 30.3 Å². The van der Waals surface area contributed by atoms with Crippen LogP contribution < -0.4 is 0 Å². The van der Waals surface area contributed by atoms with Crippen molar-refractivity contribution in [2.75, 3.05) is 5.75 Å². The molecule has 0 amide bonds. The number of nitrogens with zero attached hydrogens (tertiary/aromatic N) is 3. The third kappa shape index (κ3) is 2.58. The number of hydrogen-bond acceptors (Lipinski definition) is 5. The van der Waals surface area contributed by atoms with Gasteiger partial charge in [-0.2, -0.15) is 0 Å². The summed E-state index contributed by atoms with van der Waals surface area (Å²) >= 11 is 0. The molecule has 0 radical (unpaired) electrons. The van der Waals surface area contributed by atoms with Crippen LogP contribution in [0.25, 0.3) is 5.69 Å². The van der Waals surface area contributed by atoms with E-state index in [1.54, 1.807) is 4.57 Å². The lowest BCUT2D eigenvalue weighted by Gasteiger charge is -2.22. The Hall–Kier alpha value is -1.73. The Bertz CT molecular complexity index is 725. The first-order valence-electron chi connectivity index (χ1n) is 6.95. The molecule has 112 valence electrons. The molecule has 0 aliphatic carbocycles. The average molecular weight is 307 g/mol. The average Bonchev–Trinajstić information content (AvgIpc) is 2.91. The molecule has 6 nitrogen and oxygen atoms in total. The first-order chi connectivity index (χ1) is 10.1. The lowest BCUT2D eigenvalue weighted by atomic mass is 10.1. The van der Waals surface area contributed by atoms with Crippen LogP contribution >= 0.6 is 0 Å². The number of aliphatic hydroxyl groups is 1. The molecule has 2 heterocycles. The summed E-state index contributed by atoms with van der Waals surface area (Å²) in [7, 11) is -3.21. The minimum absolute atomic E-state index is 0.188. The van der Waals surface area contributed by atoms with Gasteiger partial charge in [0, 0.05) is 5.69 Å². The number of hydrogen-bond donors (Lipinski definition) is 1. The Labute approximate surface area is 123 Å². The van der Waals surface area contributed by atoms with Crippen molar-refractivity contribution < 1.29 is 13.5 Å². The highest BCUT2D eigenvalue weighted by molar-refractivity contribution is 7.91. The zero-order valence-electron chi connectivity index (χ0n) is 11.5. The highest BCUT2D eigenvalue weighted by Gasteiger charge is 2.35. The van der Waals surface area contributed by atoms with Gasteiger partial charge in [-0.15, -0.1) is 10.2 Å². The van der Waals surface area contributed by atoms with Gasteiger partial charge >= 0.3 is 0 Å². The van der Waals surface area contributed by atoms with Gasteiger partial charge in [0.2, 0.25) is 0 Å². The maximum atomic E-state index is 12.3. The molecule has 1 aromatic carbocycles. The number of aromatic nitrogens is 3. The maximum Gasteiger partial charge on any atom is 0.163 e. The Kier molecular flexibility index (Phi) is 3.77. The minimum atomic E-state index is -3.21. The van der Waals surface area contributed by atoms with E-state index in [-0.39, 0.29) is 12.4 Å². The molecule has 1 fully saturated rings. The minimum Gasteiger partial charge on any atom is -0.388 e. The van der Waals surface area contributed by atoms with Gasteiger partial charge < -0.3 is 5.11 Å². The van der Waals surface area contributed by atoms with E-state index < -0.39 is 15.1 Å². The van der Waals surface area contributed by atoms with Crippen LogP contribution in [0.4, 0.5) is 0 Å². The first kappa shape index (κ1) is 14.2. The smallest absolute Gasteiger partial charge is 0.163 e. The molecule has 1 aromatic heterocycles. The summed E-state index contributed by atoms with van der Waals surface area (Å²) < 4.78 is 26.3. The predicted molar refractivity (Wildman–Crippen MR) is 77.7 cm³/mol. The van der Waals surface area contributed by atoms with Crippen LogP contribution in [0.2, 0.25) is 0 Å². The standard InChI is InChI=1S/C14H17N3O3S/c18-10-13-15-16-14(12-8-4-5-9-21(12,19)20)17(13)11-6-2-1-3-7-11/h1-3,6-7,12,18H,4-5,8-10H2.